The fourth-order valence-electron chi connectivity index (χ4n) is 14.4. The molecule has 0 radical (unpaired) electrons. The van der Waals surface area contributed by atoms with Crippen LogP contribution in [0.5, 0.6) is 11.6 Å². The number of amides is 4. The number of fused-ring (bicyclic) bond motifs is 2. The number of Topliss-reactive ketones (excluding diaryl/α,β-unsaturated/α-hetero) is 1. The molecule has 0 aliphatic carbocycles. The van der Waals surface area contributed by atoms with Crippen LogP contribution in [0.25, 0.3) is 33.1 Å². The summed E-state index contributed by atoms with van der Waals surface area (Å²) in [6, 6.07) is 53.2. The Bertz CT molecular complexity index is 6500. The van der Waals surface area contributed by atoms with Crippen molar-refractivity contribution in [2.75, 3.05) is 151 Å². The number of alkyl halides is 3. The molecular weight excluding hydrogens is 1710 g/mol. The van der Waals surface area contributed by atoms with Crippen LogP contribution in [0.1, 0.15) is 47.2 Å². The lowest BCUT2D eigenvalue weighted by Crippen LogP contribution is -2.48. The number of hydrogen-bond donors (Lipinski definition) is 8. The van der Waals surface area contributed by atoms with E-state index in [1.54, 1.807) is 67.4 Å². The van der Waals surface area contributed by atoms with E-state index < -0.39 is 23.5 Å². The van der Waals surface area contributed by atoms with Gasteiger partial charge in [-0.2, -0.15) is 23.1 Å². The lowest BCUT2D eigenvalue weighted by atomic mass is 10.1. The van der Waals surface area contributed by atoms with E-state index in [0.717, 1.165) is 141 Å². The summed E-state index contributed by atoms with van der Waals surface area (Å²) in [5.74, 6) is 5.94. The number of benzene rings is 8. The largest absolute Gasteiger partial charge is 0.437 e. The molecule has 33 heteroatoms. The SMILES string of the molecule is C=CC(=O)Nc1cc(Nc2nccc(-c3cn(C)c4ccccc34)n2)c(C)cc1N(C)CCN(C)C.C=CC(=O)Nc1cccc(Nc2nc(Nc3ccc(N4CCN(C(C)=O)CC4)cc3C)ncc2C(F)(F)F)c1.C=CC(=O)Nc1cccc(Oc2nc(Nc3ccc(N4CCN(C)CC4)cc3C)ncc2Cl)c1.CC#CC(=O)Cc1ccc2ncnc(Nc3cccc(C)c3)c2c1. The molecule has 7 heterocycles. The molecule has 2 aliphatic heterocycles. The second kappa shape index (κ2) is 45.1. The van der Waals surface area contributed by atoms with Crippen LogP contribution in [0.3, 0.4) is 0 Å². The highest BCUT2D eigenvalue weighted by atomic mass is 35.5. The first-order chi connectivity index (χ1) is 63.8. The van der Waals surface area contributed by atoms with Crippen LogP contribution in [0.15, 0.2) is 239 Å². The molecule has 0 saturated carbocycles. The van der Waals surface area contributed by atoms with E-state index >= 15 is 0 Å². The van der Waals surface area contributed by atoms with Crippen LogP contribution in [0, 0.1) is 39.5 Å². The Morgan fingerprint density at radius 2 is 1.14 bits per heavy atom. The van der Waals surface area contributed by atoms with Gasteiger partial charge in [0.05, 0.1) is 28.8 Å². The van der Waals surface area contributed by atoms with Gasteiger partial charge in [-0.3, -0.25) is 24.0 Å². The maximum Gasteiger partial charge on any atom is 0.421 e. The summed E-state index contributed by atoms with van der Waals surface area (Å²) in [6.45, 7) is 30.2. The summed E-state index contributed by atoms with van der Waals surface area (Å²) in [6.07, 6.45) is 6.74. The predicted molar refractivity (Wildman–Crippen MR) is 526 cm³/mol. The van der Waals surface area contributed by atoms with E-state index in [0.29, 0.717) is 66.6 Å². The summed E-state index contributed by atoms with van der Waals surface area (Å²) >= 11 is 6.27. The molecule has 0 atom stereocenters. The van der Waals surface area contributed by atoms with Crippen molar-refractivity contribution in [1.82, 2.24) is 59.1 Å². The summed E-state index contributed by atoms with van der Waals surface area (Å²) < 4.78 is 49.1. The Hall–Kier alpha value is -15.6. The van der Waals surface area contributed by atoms with Crippen molar-refractivity contribution >= 4 is 155 Å². The van der Waals surface area contributed by atoms with Gasteiger partial charge in [0.2, 0.25) is 53.1 Å². The molecule has 0 unspecified atom stereocenters. The van der Waals surface area contributed by atoms with E-state index in [2.05, 4.69) is 195 Å². The molecule has 13 aromatic rings. The van der Waals surface area contributed by atoms with Gasteiger partial charge in [-0.1, -0.05) is 85.8 Å². The summed E-state index contributed by atoms with van der Waals surface area (Å²) in [7, 11) is 10.3. The van der Waals surface area contributed by atoms with Gasteiger partial charge in [0.25, 0.3) is 0 Å². The van der Waals surface area contributed by atoms with E-state index in [1.165, 1.54) is 42.0 Å². The average molecular weight is 1820 g/mol. The molecule has 0 spiro atoms. The zero-order valence-electron chi connectivity index (χ0n) is 75.9. The highest BCUT2D eigenvalue weighted by Crippen LogP contribution is 2.40. The van der Waals surface area contributed by atoms with Gasteiger partial charge in [0.1, 0.15) is 34.3 Å². The van der Waals surface area contributed by atoms with Gasteiger partial charge in [-0.05, 0) is 223 Å². The number of nitrogens with one attached hydrogen (secondary N) is 8. The van der Waals surface area contributed by atoms with Crippen LogP contribution in [-0.2, 0) is 43.6 Å². The number of likely N-dealkylation sites (N-methyl/N-ethyl adjacent to an activating group) is 3. The van der Waals surface area contributed by atoms with E-state index in [9.17, 15) is 37.1 Å². The molecule has 133 heavy (non-hydrogen) atoms. The number of anilines is 16. The minimum Gasteiger partial charge on any atom is -0.437 e. The summed E-state index contributed by atoms with van der Waals surface area (Å²) in [5, 5.41) is 26.1. The number of nitrogens with zero attached hydrogens (tertiary/aromatic N) is 15. The number of hydrogen-bond acceptors (Lipinski definition) is 24. The quantitative estimate of drug-likeness (QED) is 0.0135. The summed E-state index contributed by atoms with van der Waals surface area (Å²) in [5.41, 5.74) is 16.2. The third-order valence-corrected chi connectivity index (χ3v) is 21.8. The average Bonchev–Trinajstić information content (AvgIpc) is 1.66. The van der Waals surface area contributed by atoms with Crippen molar-refractivity contribution in [3.8, 4) is 34.7 Å². The Kier molecular flexibility index (Phi) is 32.7. The number of para-hydroxylation sites is 1. The second-order valence-electron chi connectivity index (χ2n) is 31.8. The highest BCUT2D eigenvalue weighted by Gasteiger charge is 2.36. The zero-order valence-corrected chi connectivity index (χ0v) is 76.6. The van der Waals surface area contributed by atoms with Crippen LogP contribution >= 0.6 is 11.6 Å². The lowest BCUT2D eigenvalue weighted by Gasteiger charge is -2.35. The maximum absolute atomic E-state index is 13.7. The maximum atomic E-state index is 13.7. The van der Waals surface area contributed by atoms with Crippen molar-refractivity contribution in [2.24, 2.45) is 7.05 Å². The Morgan fingerprint density at radius 3 is 1.77 bits per heavy atom. The topological polar surface area (TPSA) is 318 Å². The van der Waals surface area contributed by atoms with Crippen molar-refractivity contribution < 1.29 is 41.9 Å². The smallest absolute Gasteiger partial charge is 0.421 e. The van der Waals surface area contributed by atoms with Crippen LogP contribution in [-0.4, -0.2) is 182 Å². The first kappa shape index (κ1) is 96.5. The predicted octanol–water partition coefficient (Wildman–Crippen LogP) is 18.6. The number of rotatable bonds is 27. The Balaban J connectivity index is 0.000000162. The molecule has 2 saturated heterocycles. The highest BCUT2D eigenvalue weighted by molar-refractivity contribution is 6.31. The van der Waals surface area contributed by atoms with Crippen LogP contribution in [0.4, 0.5) is 105 Å². The van der Waals surface area contributed by atoms with Gasteiger partial charge >= 0.3 is 6.18 Å². The van der Waals surface area contributed by atoms with Gasteiger partial charge in [0.15, 0.2) is 0 Å². The summed E-state index contributed by atoms with van der Waals surface area (Å²) in [4.78, 5) is 106. The molecule has 15 rings (SSSR count). The van der Waals surface area contributed by atoms with Gasteiger partial charge in [-0.15, -0.1) is 0 Å². The number of aryl methyl sites for hydroxylation is 5. The van der Waals surface area contributed by atoms with E-state index in [1.807, 2.05) is 134 Å². The molecule has 4 amide bonds. The molecule has 0 bridgehead atoms. The number of ketones is 1. The molecule has 5 aromatic heterocycles. The number of aromatic nitrogens is 9. The zero-order chi connectivity index (χ0) is 95.0. The molecule has 29 nitrogen and oxygen atoms in total. The lowest BCUT2D eigenvalue weighted by molar-refractivity contribution is -0.137. The molecule has 2 fully saturated rings. The molecule has 8 N–H and O–H groups in total. The first-order valence-electron chi connectivity index (χ1n) is 42.7. The van der Waals surface area contributed by atoms with Crippen molar-refractivity contribution in [1.29, 1.82) is 0 Å². The number of carbonyl (C=O) groups is 5. The number of ether oxygens (including phenoxy) is 1. The standard InChI is InChI=1S/C28H33N7O.C27H28F3N7O2.C25H27ClN6O2.C20H17N3O/c1-7-27(36)30-24-17-23(19(2)16-26(24)34(5)15-14-33(3)4)32-28-29-13-12-22(31-28)21-18-35(6)25-11-9-8-10-20(21)25;1-4-24(39)32-19-6-5-7-20(15-19)33-25-22(27(28,29)30)16-31-26(35-25)34-23-9-8-21(14-17(23)2)37-12-10-36(11-13-37)18(3)38;1-4-23(33)28-18-6-5-7-20(15-18)34-24-21(26)16-27-25(30-24)29-22-9-8-19(14-17(22)2)32-12-10-31(3)11-13-32;1-3-5-17(24)11-15-8-9-19-18(12-15)20(22-13-21-19)23-16-7-4-6-14(2)10-16/h7-13,16-18H,1,14-15H2,2-6H3,(H,30,36)(H,29,31,32);4-9,14-16H,1,10-13H2,2-3H3,(H,32,39)(H2,31,33,34,35);4-9,14-16H,1,10-13H2,2-3H3,(H,28,33)(H,27,29,30);4,6-10,12-13H,11H2,1-2H3,(H,21,22,23). The molecule has 2 aliphatic rings. The minimum absolute atomic E-state index is 0.0208. The minimum atomic E-state index is -4.69. The molecular formula is C100H105ClF3N23O6. The van der Waals surface area contributed by atoms with Crippen molar-refractivity contribution in [3.63, 3.8) is 0 Å². The Labute approximate surface area is 775 Å². The van der Waals surface area contributed by atoms with Crippen LogP contribution < -0.4 is 62.0 Å². The third-order valence-electron chi connectivity index (χ3n) is 21.5. The normalized spacial score (nSPS) is 12.3. The first-order valence-corrected chi connectivity index (χ1v) is 43.0. The fraction of sp³-hybridized carbons (Fsp3) is 0.230. The van der Waals surface area contributed by atoms with E-state index in [-0.39, 0.29) is 52.5 Å². The fourth-order valence-corrected chi connectivity index (χ4v) is 14.5. The molecule has 684 valence electrons. The van der Waals surface area contributed by atoms with Gasteiger partial charge in [-0.25, -0.2) is 29.9 Å². The van der Waals surface area contributed by atoms with Crippen molar-refractivity contribution in [3.05, 3.63) is 277 Å². The number of carbonyl (C=O) groups excluding carboxylic acids is 5. The van der Waals surface area contributed by atoms with E-state index in [4.69, 9.17) is 21.3 Å². The third kappa shape index (κ3) is 26.8. The van der Waals surface area contributed by atoms with Gasteiger partial charge in [0, 0.05) is 191 Å². The second-order valence-corrected chi connectivity index (χ2v) is 32.2. The molecule has 8 aromatic carbocycles. The number of halogens is 4. The van der Waals surface area contributed by atoms with Gasteiger partial charge < -0.3 is 81.2 Å². The van der Waals surface area contributed by atoms with Crippen LogP contribution in [0.2, 0.25) is 5.02 Å². The Morgan fingerprint density at radius 1 is 0.549 bits per heavy atom. The number of piperazine rings is 2. The monoisotopic (exact) mass is 1820 g/mol. The van der Waals surface area contributed by atoms with Crippen molar-refractivity contribution in [2.45, 2.75) is 54.1 Å².